The van der Waals surface area contributed by atoms with Gasteiger partial charge in [0.15, 0.2) is 0 Å². The standard InChI is InChI=1S/C11H21N3O2/c1-2-13-10(15)14-6-4-11(5-7-14)9(12)3-8-16-11/h9H,2-8,12H2,1H3,(H,13,15). The lowest BCUT2D eigenvalue weighted by atomic mass is 9.85. The molecule has 0 aromatic rings. The van der Waals surface area contributed by atoms with Crippen molar-refractivity contribution in [3.8, 4) is 0 Å². The summed E-state index contributed by atoms with van der Waals surface area (Å²) < 4.78 is 5.80. The summed E-state index contributed by atoms with van der Waals surface area (Å²) >= 11 is 0. The zero-order valence-corrected chi connectivity index (χ0v) is 9.87. The van der Waals surface area contributed by atoms with Gasteiger partial charge in [0.05, 0.1) is 5.60 Å². The lowest BCUT2D eigenvalue weighted by molar-refractivity contribution is -0.0438. The highest BCUT2D eigenvalue weighted by atomic mass is 16.5. The van der Waals surface area contributed by atoms with E-state index in [0.29, 0.717) is 6.54 Å². The van der Waals surface area contributed by atoms with Crippen LogP contribution in [0.2, 0.25) is 0 Å². The number of nitrogens with one attached hydrogen (secondary N) is 1. The lowest BCUT2D eigenvalue weighted by Crippen LogP contribution is -2.55. The third kappa shape index (κ3) is 2.01. The first-order chi connectivity index (χ1) is 7.68. The van der Waals surface area contributed by atoms with Gasteiger partial charge < -0.3 is 20.7 Å². The van der Waals surface area contributed by atoms with Gasteiger partial charge in [-0.05, 0) is 26.2 Å². The van der Waals surface area contributed by atoms with Crippen molar-refractivity contribution in [2.24, 2.45) is 5.73 Å². The summed E-state index contributed by atoms with van der Waals surface area (Å²) in [6, 6.07) is 0.174. The molecular weight excluding hydrogens is 206 g/mol. The highest BCUT2D eigenvalue weighted by molar-refractivity contribution is 5.74. The van der Waals surface area contributed by atoms with E-state index in [2.05, 4.69) is 5.32 Å². The van der Waals surface area contributed by atoms with Crippen LogP contribution in [0, 0.1) is 0 Å². The van der Waals surface area contributed by atoms with E-state index < -0.39 is 0 Å². The minimum Gasteiger partial charge on any atom is -0.373 e. The molecule has 16 heavy (non-hydrogen) atoms. The van der Waals surface area contributed by atoms with Gasteiger partial charge in [0.2, 0.25) is 0 Å². The van der Waals surface area contributed by atoms with E-state index in [1.165, 1.54) is 0 Å². The van der Waals surface area contributed by atoms with Crippen LogP contribution in [0.15, 0.2) is 0 Å². The highest BCUT2D eigenvalue weighted by Crippen LogP contribution is 2.34. The maximum atomic E-state index is 11.6. The summed E-state index contributed by atoms with van der Waals surface area (Å²) in [7, 11) is 0. The number of carbonyl (C=O) groups excluding carboxylic acids is 1. The maximum absolute atomic E-state index is 11.6. The van der Waals surface area contributed by atoms with E-state index >= 15 is 0 Å². The van der Waals surface area contributed by atoms with Gasteiger partial charge in [0.1, 0.15) is 0 Å². The number of amides is 2. The summed E-state index contributed by atoms with van der Waals surface area (Å²) in [6.07, 6.45) is 2.68. The number of urea groups is 1. The Hall–Kier alpha value is -0.810. The second-order valence-electron chi connectivity index (χ2n) is 4.63. The van der Waals surface area contributed by atoms with E-state index in [0.717, 1.165) is 39.0 Å². The van der Waals surface area contributed by atoms with Gasteiger partial charge >= 0.3 is 6.03 Å². The molecule has 2 amide bonds. The minimum atomic E-state index is -0.150. The Bertz CT molecular complexity index is 262. The van der Waals surface area contributed by atoms with Crippen LogP contribution in [0.1, 0.15) is 26.2 Å². The highest BCUT2D eigenvalue weighted by Gasteiger charge is 2.44. The quantitative estimate of drug-likeness (QED) is 0.677. The number of hydrogen-bond donors (Lipinski definition) is 2. The van der Waals surface area contributed by atoms with E-state index in [4.69, 9.17) is 10.5 Å². The van der Waals surface area contributed by atoms with Gasteiger partial charge in [0.25, 0.3) is 0 Å². The predicted octanol–water partition coefficient (Wildman–Crippen LogP) is 0.298. The molecular formula is C11H21N3O2. The number of rotatable bonds is 1. The zero-order chi connectivity index (χ0) is 11.6. The fourth-order valence-corrected chi connectivity index (χ4v) is 2.63. The Morgan fingerprint density at radius 2 is 2.25 bits per heavy atom. The summed E-state index contributed by atoms with van der Waals surface area (Å²) in [5, 5.41) is 2.82. The Morgan fingerprint density at radius 3 is 2.75 bits per heavy atom. The molecule has 1 spiro atoms. The molecule has 2 fully saturated rings. The number of piperidine rings is 1. The average Bonchev–Trinajstić information content (AvgIpc) is 2.62. The summed E-state index contributed by atoms with van der Waals surface area (Å²) in [6.45, 7) is 4.87. The molecule has 2 heterocycles. The van der Waals surface area contributed by atoms with Gasteiger partial charge in [-0.15, -0.1) is 0 Å². The van der Waals surface area contributed by atoms with Crippen molar-refractivity contribution in [3.05, 3.63) is 0 Å². The van der Waals surface area contributed by atoms with E-state index in [1.807, 2.05) is 11.8 Å². The SMILES string of the molecule is CCNC(=O)N1CCC2(CC1)OCCC2N. The molecule has 5 nitrogen and oxygen atoms in total. The van der Waals surface area contributed by atoms with Crippen LogP contribution in [-0.4, -0.2) is 48.8 Å². The van der Waals surface area contributed by atoms with Gasteiger partial charge in [-0.25, -0.2) is 4.79 Å². The number of nitrogens with two attached hydrogens (primary N) is 1. The molecule has 0 aliphatic carbocycles. The van der Waals surface area contributed by atoms with Crippen LogP contribution in [0.5, 0.6) is 0 Å². The van der Waals surface area contributed by atoms with Crippen LogP contribution in [-0.2, 0) is 4.74 Å². The second kappa shape index (κ2) is 4.59. The van der Waals surface area contributed by atoms with Crippen molar-refractivity contribution in [1.82, 2.24) is 10.2 Å². The minimum absolute atomic E-state index is 0.0314. The van der Waals surface area contributed by atoms with Crippen molar-refractivity contribution < 1.29 is 9.53 Å². The van der Waals surface area contributed by atoms with Crippen LogP contribution < -0.4 is 11.1 Å². The van der Waals surface area contributed by atoms with E-state index in [9.17, 15) is 4.79 Å². The van der Waals surface area contributed by atoms with Crippen LogP contribution in [0.4, 0.5) is 4.79 Å². The molecule has 0 aromatic carbocycles. The molecule has 0 saturated carbocycles. The summed E-state index contributed by atoms with van der Waals surface area (Å²) in [5.74, 6) is 0. The normalized spacial score (nSPS) is 28.4. The number of likely N-dealkylation sites (tertiary alicyclic amines) is 1. The first kappa shape index (κ1) is 11.7. The zero-order valence-electron chi connectivity index (χ0n) is 9.87. The summed E-state index contributed by atoms with van der Waals surface area (Å²) in [5.41, 5.74) is 5.93. The van der Waals surface area contributed by atoms with Crippen LogP contribution in [0.25, 0.3) is 0 Å². The molecule has 5 heteroatoms. The molecule has 0 bridgehead atoms. The number of nitrogens with zero attached hydrogens (tertiary/aromatic N) is 1. The van der Waals surface area contributed by atoms with E-state index in [1.54, 1.807) is 0 Å². The second-order valence-corrected chi connectivity index (χ2v) is 4.63. The fraction of sp³-hybridized carbons (Fsp3) is 0.909. The molecule has 92 valence electrons. The molecule has 0 aromatic heterocycles. The molecule has 3 N–H and O–H groups in total. The van der Waals surface area contributed by atoms with Crippen molar-refractivity contribution >= 4 is 6.03 Å². The van der Waals surface area contributed by atoms with Crippen molar-refractivity contribution in [2.75, 3.05) is 26.2 Å². The van der Waals surface area contributed by atoms with Crippen LogP contribution >= 0.6 is 0 Å². The van der Waals surface area contributed by atoms with Crippen molar-refractivity contribution in [1.29, 1.82) is 0 Å². The molecule has 2 aliphatic rings. The monoisotopic (exact) mass is 227 g/mol. The average molecular weight is 227 g/mol. The predicted molar refractivity (Wildman–Crippen MR) is 61.2 cm³/mol. The fourth-order valence-electron chi connectivity index (χ4n) is 2.63. The molecule has 1 atom stereocenters. The molecule has 2 rings (SSSR count). The molecule has 0 radical (unpaired) electrons. The first-order valence-electron chi connectivity index (χ1n) is 6.10. The number of ether oxygens (including phenoxy) is 1. The van der Waals surface area contributed by atoms with Crippen molar-refractivity contribution in [2.45, 2.75) is 37.8 Å². The third-order valence-electron chi connectivity index (χ3n) is 3.72. The largest absolute Gasteiger partial charge is 0.373 e. The Kier molecular flexibility index (Phi) is 3.35. The Balaban J connectivity index is 1.89. The first-order valence-corrected chi connectivity index (χ1v) is 6.10. The molecule has 2 saturated heterocycles. The lowest BCUT2D eigenvalue weighted by Gasteiger charge is -2.40. The van der Waals surface area contributed by atoms with Crippen molar-refractivity contribution in [3.63, 3.8) is 0 Å². The van der Waals surface area contributed by atoms with Gasteiger partial charge in [-0.1, -0.05) is 0 Å². The topological polar surface area (TPSA) is 67.6 Å². The number of carbonyl (C=O) groups is 1. The summed E-state index contributed by atoms with van der Waals surface area (Å²) in [4.78, 5) is 13.5. The third-order valence-corrected chi connectivity index (χ3v) is 3.72. The smallest absolute Gasteiger partial charge is 0.317 e. The van der Waals surface area contributed by atoms with Gasteiger partial charge in [-0.3, -0.25) is 0 Å². The Labute approximate surface area is 96.3 Å². The number of hydrogen-bond acceptors (Lipinski definition) is 3. The molecule has 1 unspecified atom stereocenters. The van der Waals surface area contributed by atoms with E-state index in [-0.39, 0.29) is 17.7 Å². The molecule has 2 aliphatic heterocycles. The van der Waals surface area contributed by atoms with Gasteiger partial charge in [0, 0.05) is 32.3 Å². The van der Waals surface area contributed by atoms with Crippen LogP contribution in [0.3, 0.4) is 0 Å². The van der Waals surface area contributed by atoms with Gasteiger partial charge in [-0.2, -0.15) is 0 Å². The Morgan fingerprint density at radius 1 is 1.56 bits per heavy atom. The maximum Gasteiger partial charge on any atom is 0.317 e.